The van der Waals surface area contributed by atoms with Gasteiger partial charge in [0.15, 0.2) is 10.8 Å². The number of hydrogen-bond acceptors (Lipinski definition) is 7. The molecule has 4 rings (SSSR count). The van der Waals surface area contributed by atoms with Gasteiger partial charge in [0.1, 0.15) is 0 Å². The number of piperazine rings is 1. The maximum Gasteiger partial charge on any atom is 0.274 e. The lowest BCUT2D eigenvalue weighted by Crippen LogP contribution is -2.49. The third-order valence-corrected chi connectivity index (χ3v) is 6.15. The quantitative estimate of drug-likeness (QED) is 0.775. The number of aromatic nitrogens is 3. The van der Waals surface area contributed by atoms with Crippen molar-refractivity contribution in [2.75, 3.05) is 57.4 Å². The zero-order valence-corrected chi connectivity index (χ0v) is 16.7. The predicted molar refractivity (Wildman–Crippen MR) is 104 cm³/mol. The minimum atomic E-state index is 0.0190. The van der Waals surface area contributed by atoms with Crippen LogP contribution in [-0.4, -0.2) is 83.0 Å². The van der Waals surface area contributed by atoms with E-state index in [-0.39, 0.29) is 5.91 Å². The Kier molecular flexibility index (Phi) is 5.42. The molecule has 2 saturated heterocycles. The molecule has 2 aromatic heterocycles. The molecule has 1 amide bonds. The molecule has 0 N–H and O–H groups in total. The highest BCUT2D eigenvalue weighted by Crippen LogP contribution is 2.23. The van der Waals surface area contributed by atoms with Crippen LogP contribution in [0.5, 0.6) is 0 Å². The van der Waals surface area contributed by atoms with Crippen molar-refractivity contribution in [1.82, 2.24) is 24.6 Å². The second kappa shape index (κ2) is 7.95. The molecule has 4 heterocycles. The van der Waals surface area contributed by atoms with Crippen molar-refractivity contribution >= 4 is 22.4 Å². The Hall–Kier alpha value is -1.97. The highest BCUT2D eigenvalue weighted by molar-refractivity contribution is 7.13. The summed E-state index contributed by atoms with van der Waals surface area (Å²) in [6, 6.07) is 1.85. The Labute approximate surface area is 163 Å². The fraction of sp³-hybridized carbons (Fsp3) is 0.611. The van der Waals surface area contributed by atoms with Crippen molar-refractivity contribution in [3.63, 3.8) is 0 Å². The number of hydrogen-bond donors (Lipinski definition) is 0. The first-order chi connectivity index (χ1) is 13.1. The SMILES string of the molecule is Cc1cc(C(=O)N2CCN(c3nc(CN4CCOCC4)cs3)CC2)nn1C. The van der Waals surface area contributed by atoms with E-state index >= 15 is 0 Å². The Morgan fingerprint density at radius 1 is 1.19 bits per heavy atom. The number of rotatable bonds is 4. The number of carbonyl (C=O) groups excluding carboxylic acids is 1. The average molecular weight is 391 g/mol. The summed E-state index contributed by atoms with van der Waals surface area (Å²) >= 11 is 1.69. The smallest absolute Gasteiger partial charge is 0.274 e. The summed E-state index contributed by atoms with van der Waals surface area (Å²) in [7, 11) is 1.86. The van der Waals surface area contributed by atoms with Crippen LogP contribution < -0.4 is 4.90 Å². The number of amides is 1. The monoisotopic (exact) mass is 390 g/mol. The zero-order valence-electron chi connectivity index (χ0n) is 15.9. The molecule has 0 spiro atoms. The predicted octanol–water partition coefficient (Wildman–Crippen LogP) is 0.980. The van der Waals surface area contributed by atoms with Gasteiger partial charge in [-0.1, -0.05) is 0 Å². The molecule has 0 unspecified atom stereocenters. The lowest BCUT2D eigenvalue weighted by Gasteiger charge is -2.34. The highest BCUT2D eigenvalue weighted by atomic mass is 32.1. The molecule has 0 aliphatic carbocycles. The van der Waals surface area contributed by atoms with E-state index < -0.39 is 0 Å². The Morgan fingerprint density at radius 2 is 1.93 bits per heavy atom. The first-order valence-electron chi connectivity index (χ1n) is 9.39. The van der Waals surface area contributed by atoms with Crippen LogP contribution in [0.1, 0.15) is 21.9 Å². The molecule has 2 aliphatic heterocycles. The van der Waals surface area contributed by atoms with Crippen LogP contribution in [0.15, 0.2) is 11.4 Å². The second-order valence-electron chi connectivity index (χ2n) is 7.08. The van der Waals surface area contributed by atoms with Gasteiger partial charge in [-0.2, -0.15) is 5.10 Å². The van der Waals surface area contributed by atoms with E-state index in [1.54, 1.807) is 16.0 Å². The number of aryl methyl sites for hydroxylation is 2. The summed E-state index contributed by atoms with van der Waals surface area (Å²) in [5.74, 6) is 0.0190. The van der Waals surface area contributed by atoms with Crippen LogP contribution >= 0.6 is 11.3 Å². The molecule has 2 aromatic rings. The minimum absolute atomic E-state index is 0.0190. The Bertz CT molecular complexity index is 770. The molecule has 146 valence electrons. The summed E-state index contributed by atoms with van der Waals surface area (Å²) < 4.78 is 7.15. The van der Waals surface area contributed by atoms with Gasteiger partial charge in [-0.3, -0.25) is 14.4 Å². The maximum absolute atomic E-state index is 12.6. The molecule has 0 saturated carbocycles. The Balaban J connectivity index is 1.32. The van der Waals surface area contributed by atoms with Crippen molar-refractivity contribution in [1.29, 1.82) is 0 Å². The van der Waals surface area contributed by atoms with Crippen molar-refractivity contribution in [3.05, 3.63) is 28.5 Å². The maximum atomic E-state index is 12.6. The lowest BCUT2D eigenvalue weighted by atomic mass is 10.2. The zero-order chi connectivity index (χ0) is 18.8. The molecule has 27 heavy (non-hydrogen) atoms. The topological polar surface area (TPSA) is 66.7 Å². The number of anilines is 1. The molecule has 2 fully saturated rings. The van der Waals surface area contributed by atoms with Crippen LogP contribution in [0.25, 0.3) is 0 Å². The van der Waals surface area contributed by atoms with Crippen molar-refractivity contribution in [2.45, 2.75) is 13.5 Å². The Morgan fingerprint density at radius 3 is 2.59 bits per heavy atom. The van der Waals surface area contributed by atoms with Gasteiger partial charge in [0.25, 0.3) is 5.91 Å². The van der Waals surface area contributed by atoms with E-state index in [4.69, 9.17) is 9.72 Å². The largest absolute Gasteiger partial charge is 0.379 e. The van der Waals surface area contributed by atoms with E-state index in [1.165, 1.54) is 0 Å². The van der Waals surface area contributed by atoms with E-state index in [1.807, 2.05) is 24.9 Å². The van der Waals surface area contributed by atoms with Gasteiger partial charge >= 0.3 is 0 Å². The first kappa shape index (κ1) is 18.4. The highest BCUT2D eigenvalue weighted by Gasteiger charge is 2.25. The molecular formula is C18H26N6O2S. The van der Waals surface area contributed by atoms with Crippen LogP contribution in [0.3, 0.4) is 0 Å². The van der Waals surface area contributed by atoms with E-state index in [2.05, 4.69) is 20.3 Å². The molecular weight excluding hydrogens is 364 g/mol. The number of nitrogens with zero attached hydrogens (tertiary/aromatic N) is 6. The number of ether oxygens (including phenoxy) is 1. The van der Waals surface area contributed by atoms with Gasteiger partial charge in [-0.05, 0) is 13.0 Å². The van der Waals surface area contributed by atoms with Crippen LogP contribution in [0.2, 0.25) is 0 Å². The van der Waals surface area contributed by atoms with E-state index in [0.29, 0.717) is 18.8 Å². The van der Waals surface area contributed by atoms with Gasteiger partial charge < -0.3 is 14.5 Å². The summed E-state index contributed by atoms with van der Waals surface area (Å²) in [5, 5.41) is 7.52. The van der Waals surface area contributed by atoms with Crippen LogP contribution in [0.4, 0.5) is 5.13 Å². The lowest BCUT2D eigenvalue weighted by molar-refractivity contribution is 0.0337. The second-order valence-corrected chi connectivity index (χ2v) is 7.92. The summed E-state index contributed by atoms with van der Waals surface area (Å²) in [4.78, 5) is 24.0. The summed E-state index contributed by atoms with van der Waals surface area (Å²) in [6.45, 7) is 9.42. The third kappa shape index (κ3) is 4.15. The van der Waals surface area contributed by atoms with Gasteiger partial charge in [0.05, 0.1) is 18.9 Å². The van der Waals surface area contributed by atoms with Crippen LogP contribution in [-0.2, 0) is 18.3 Å². The molecule has 9 heteroatoms. The molecule has 0 aromatic carbocycles. The standard InChI is InChI=1S/C18H26N6O2S/c1-14-11-16(20-21(14)2)17(25)23-3-5-24(6-4-23)18-19-15(13-27-18)12-22-7-9-26-10-8-22/h11,13H,3-10,12H2,1-2H3. The average Bonchev–Trinajstić information content (AvgIpc) is 3.29. The van der Waals surface area contributed by atoms with Gasteiger partial charge in [-0.15, -0.1) is 11.3 Å². The van der Waals surface area contributed by atoms with Gasteiger partial charge in [-0.25, -0.2) is 4.98 Å². The number of carbonyl (C=O) groups is 1. The van der Waals surface area contributed by atoms with Gasteiger partial charge in [0, 0.05) is 63.9 Å². The molecule has 0 radical (unpaired) electrons. The third-order valence-electron chi connectivity index (χ3n) is 5.20. The van der Waals surface area contributed by atoms with E-state index in [9.17, 15) is 4.79 Å². The molecule has 0 atom stereocenters. The fourth-order valence-corrected chi connectivity index (χ4v) is 4.30. The number of morpholine rings is 1. The van der Waals surface area contributed by atoms with E-state index in [0.717, 1.165) is 62.5 Å². The van der Waals surface area contributed by atoms with Crippen molar-refractivity contribution in [2.24, 2.45) is 7.05 Å². The minimum Gasteiger partial charge on any atom is -0.379 e. The van der Waals surface area contributed by atoms with Gasteiger partial charge in [0.2, 0.25) is 0 Å². The summed E-state index contributed by atoms with van der Waals surface area (Å²) in [5.41, 5.74) is 2.65. The van der Waals surface area contributed by atoms with Crippen molar-refractivity contribution in [3.8, 4) is 0 Å². The molecule has 8 nitrogen and oxygen atoms in total. The molecule has 2 aliphatic rings. The first-order valence-corrected chi connectivity index (χ1v) is 10.3. The number of thiazole rings is 1. The summed E-state index contributed by atoms with van der Waals surface area (Å²) in [6.07, 6.45) is 0. The van der Waals surface area contributed by atoms with Crippen molar-refractivity contribution < 1.29 is 9.53 Å². The normalized spacial score (nSPS) is 18.9. The molecule has 0 bridgehead atoms. The van der Waals surface area contributed by atoms with Crippen LogP contribution in [0, 0.1) is 6.92 Å². The fourth-order valence-electron chi connectivity index (χ4n) is 3.43.